The Kier molecular flexibility index (Phi) is 6.83. The minimum atomic E-state index is -0.544. The van der Waals surface area contributed by atoms with E-state index in [0.29, 0.717) is 18.0 Å². The summed E-state index contributed by atoms with van der Waals surface area (Å²) in [6, 6.07) is 4.57. The van der Waals surface area contributed by atoms with E-state index in [2.05, 4.69) is 5.32 Å². The van der Waals surface area contributed by atoms with Gasteiger partial charge in [-0.15, -0.1) is 0 Å². The number of nitrogens with two attached hydrogens (primary N) is 1. The first-order chi connectivity index (χ1) is 9.62. The van der Waals surface area contributed by atoms with Crippen molar-refractivity contribution in [2.24, 2.45) is 5.73 Å². The van der Waals surface area contributed by atoms with Crippen LogP contribution in [-0.4, -0.2) is 37.3 Å². The van der Waals surface area contributed by atoms with Crippen LogP contribution in [0.1, 0.15) is 18.9 Å². The molecule has 0 aromatic heterocycles. The molecule has 0 radical (unpaired) electrons. The molecule has 0 heterocycles. The van der Waals surface area contributed by atoms with E-state index in [4.69, 9.17) is 20.3 Å². The number of carbonyl (C=O) groups excluding carboxylic acids is 1. The Hall–Kier alpha value is -1.79. The molecule has 6 heteroatoms. The molecule has 0 aliphatic rings. The molecular weight excluding hydrogens is 260 g/mol. The molecule has 112 valence electrons. The topological polar surface area (TPSA) is 93.8 Å². The molecule has 1 aromatic carbocycles. The van der Waals surface area contributed by atoms with E-state index in [1.165, 1.54) is 7.11 Å². The first-order valence-electron chi connectivity index (χ1n) is 6.55. The van der Waals surface area contributed by atoms with E-state index in [-0.39, 0.29) is 13.2 Å². The molecule has 0 bridgehead atoms. The van der Waals surface area contributed by atoms with Crippen molar-refractivity contribution in [3.05, 3.63) is 23.8 Å². The SMILES string of the molecule is CCCNC(COc1ccc(CO)cc1OC)C(N)=O. The molecule has 0 saturated heterocycles. The number of benzene rings is 1. The molecule has 4 N–H and O–H groups in total. The number of rotatable bonds is 9. The molecule has 1 amide bonds. The lowest BCUT2D eigenvalue weighted by Crippen LogP contribution is -2.45. The van der Waals surface area contributed by atoms with Gasteiger partial charge in [0.05, 0.1) is 13.7 Å². The van der Waals surface area contributed by atoms with Crippen LogP contribution in [0.4, 0.5) is 0 Å². The molecule has 1 unspecified atom stereocenters. The second kappa shape index (κ2) is 8.39. The summed E-state index contributed by atoms with van der Waals surface area (Å²) in [7, 11) is 1.52. The maximum atomic E-state index is 11.3. The molecule has 1 atom stereocenters. The second-order valence-electron chi connectivity index (χ2n) is 4.36. The number of primary amides is 1. The lowest BCUT2D eigenvalue weighted by molar-refractivity contribution is -0.120. The quantitative estimate of drug-likeness (QED) is 0.610. The fraction of sp³-hybridized carbons (Fsp3) is 0.500. The lowest BCUT2D eigenvalue weighted by atomic mass is 10.2. The first kappa shape index (κ1) is 16.3. The van der Waals surface area contributed by atoms with Crippen molar-refractivity contribution >= 4 is 5.91 Å². The largest absolute Gasteiger partial charge is 0.493 e. The van der Waals surface area contributed by atoms with Gasteiger partial charge in [0.25, 0.3) is 0 Å². The van der Waals surface area contributed by atoms with Gasteiger partial charge in [-0.3, -0.25) is 4.79 Å². The maximum Gasteiger partial charge on any atom is 0.238 e. The Labute approximate surface area is 118 Å². The highest BCUT2D eigenvalue weighted by Gasteiger charge is 2.16. The van der Waals surface area contributed by atoms with Gasteiger partial charge in [-0.05, 0) is 30.7 Å². The minimum absolute atomic E-state index is 0.0708. The van der Waals surface area contributed by atoms with Gasteiger partial charge in [0.2, 0.25) is 5.91 Å². The van der Waals surface area contributed by atoms with Gasteiger partial charge < -0.3 is 25.6 Å². The molecule has 1 rings (SSSR count). The van der Waals surface area contributed by atoms with E-state index in [1.807, 2.05) is 6.92 Å². The summed E-state index contributed by atoms with van der Waals surface area (Å²) in [5.74, 6) is 0.564. The lowest BCUT2D eigenvalue weighted by Gasteiger charge is -2.17. The smallest absolute Gasteiger partial charge is 0.238 e. The maximum absolute atomic E-state index is 11.3. The zero-order chi connectivity index (χ0) is 15.0. The Bertz CT molecular complexity index is 437. The number of carbonyl (C=O) groups is 1. The van der Waals surface area contributed by atoms with Crippen molar-refractivity contribution in [1.82, 2.24) is 5.32 Å². The number of aliphatic hydroxyl groups excluding tert-OH is 1. The Balaban J connectivity index is 2.69. The highest BCUT2D eigenvalue weighted by molar-refractivity contribution is 5.80. The molecule has 0 aliphatic heterocycles. The zero-order valence-corrected chi connectivity index (χ0v) is 11.9. The first-order valence-corrected chi connectivity index (χ1v) is 6.55. The van der Waals surface area contributed by atoms with Crippen molar-refractivity contribution in [2.75, 3.05) is 20.3 Å². The Morgan fingerprint density at radius 3 is 2.75 bits per heavy atom. The molecule has 0 fully saturated rings. The van der Waals surface area contributed by atoms with Gasteiger partial charge in [0, 0.05) is 0 Å². The summed E-state index contributed by atoms with van der Waals surface area (Å²) in [5.41, 5.74) is 6.04. The average molecular weight is 282 g/mol. The van der Waals surface area contributed by atoms with Gasteiger partial charge >= 0.3 is 0 Å². The summed E-state index contributed by atoms with van der Waals surface area (Å²) in [4.78, 5) is 11.3. The zero-order valence-electron chi connectivity index (χ0n) is 11.9. The van der Waals surface area contributed by atoms with Crippen LogP contribution in [0.3, 0.4) is 0 Å². The van der Waals surface area contributed by atoms with Gasteiger partial charge in [0.15, 0.2) is 11.5 Å². The van der Waals surface area contributed by atoms with Crippen molar-refractivity contribution in [3.63, 3.8) is 0 Å². The molecule has 20 heavy (non-hydrogen) atoms. The van der Waals surface area contributed by atoms with Crippen LogP contribution in [0.15, 0.2) is 18.2 Å². The third-order valence-electron chi connectivity index (χ3n) is 2.80. The monoisotopic (exact) mass is 282 g/mol. The number of methoxy groups -OCH3 is 1. The van der Waals surface area contributed by atoms with E-state index in [9.17, 15) is 4.79 Å². The minimum Gasteiger partial charge on any atom is -0.493 e. The molecule has 0 saturated carbocycles. The van der Waals surface area contributed by atoms with E-state index in [1.54, 1.807) is 18.2 Å². The number of nitrogens with one attached hydrogen (secondary N) is 1. The number of hydrogen-bond donors (Lipinski definition) is 3. The normalized spacial score (nSPS) is 11.9. The summed E-state index contributed by atoms with van der Waals surface area (Å²) in [6.07, 6.45) is 0.901. The molecule has 1 aromatic rings. The van der Waals surface area contributed by atoms with Gasteiger partial charge in [-0.1, -0.05) is 13.0 Å². The van der Waals surface area contributed by atoms with Crippen LogP contribution in [0.2, 0.25) is 0 Å². The number of ether oxygens (including phenoxy) is 2. The van der Waals surface area contributed by atoms with Crippen LogP contribution in [0, 0.1) is 0 Å². The van der Waals surface area contributed by atoms with Crippen LogP contribution in [-0.2, 0) is 11.4 Å². The third-order valence-corrected chi connectivity index (χ3v) is 2.80. The fourth-order valence-corrected chi connectivity index (χ4v) is 1.66. The number of hydrogen-bond acceptors (Lipinski definition) is 5. The summed E-state index contributed by atoms with van der Waals surface area (Å²) in [6.45, 7) is 2.75. The van der Waals surface area contributed by atoms with Crippen LogP contribution in [0.5, 0.6) is 11.5 Å². The van der Waals surface area contributed by atoms with E-state index >= 15 is 0 Å². The van der Waals surface area contributed by atoms with Crippen molar-refractivity contribution in [3.8, 4) is 11.5 Å². The van der Waals surface area contributed by atoms with Gasteiger partial charge in [0.1, 0.15) is 12.6 Å². The summed E-state index contributed by atoms with van der Waals surface area (Å²) < 4.78 is 10.8. The van der Waals surface area contributed by atoms with Crippen LogP contribution in [0.25, 0.3) is 0 Å². The van der Waals surface area contributed by atoms with E-state index in [0.717, 1.165) is 12.0 Å². The van der Waals surface area contributed by atoms with Gasteiger partial charge in [-0.25, -0.2) is 0 Å². The highest BCUT2D eigenvalue weighted by Crippen LogP contribution is 2.28. The van der Waals surface area contributed by atoms with Crippen LogP contribution >= 0.6 is 0 Å². The number of aliphatic hydroxyl groups is 1. The molecule has 0 spiro atoms. The van der Waals surface area contributed by atoms with Crippen molar-refractivity contribution < 1.29 is 19.4 Å². The number of amides is 1. The second-order valence-corrected chi connectivity index (χ2v) is 4.36. The fourth-order valence-electron chi connectivity index (χ4n) is 1.66. The van der Waals surface area contributed by atoms with Crippen LogP contribution < -0.4 is 20.5 Å². The predicted octanol–water partition coefficient (Wildman–Crippen LogP) is 0.420. The Morgan fingerprint density at radius 2 is 2.20 bits per heavy atom. The molecule has 0 aliphatic carbocycles. The third kappa shape index (κ3) is 4.71. The predicted molar refractivity (Wildman–Crippen MR) is 75.7 cm³/mol. The Morgan fingerprint density at radius 1 is 1.45 bits per heavy atom. The molecular formula is C14H22N2O4. The average Bonchev–Trinajstić information content (AvgIpc) is 2.46. The van der Waals surface area contributed by atoms with Gasteiger partial charge in [-0.2, -0.15) is 0 Å². The van der Waals surface area contributed by atoms with Crippen molar-refractivity contribution in [2.45, 2.75) is 26.0 Å². The summed E-state index contributed by atoms with van der Waals surface area (Å²) >= 11 is 0. The van der Waals surface area contributed by atoms with E-state index < -0.39 is 11.9 Å². The highest BCUT2D eigenvalue weighted by atomic mass is 16.5. The molecule has 6 nitrogen and oxygen atoms in total. The summed E-state index contributed by atoms with van der Waals surface area (Å²) in [5, 5.41) is 12.1. The standard InChI is InChI=1S/C14H22N2O4/c1-3-6-16-11(14(15)18)9-20-12-5-4-10(8-17)7-13(12)19-2/h4-5,7,11,16-17H,3,6,8-9H2,1-2H3,(H2,15,18). The van der Waals surface area contributed by atoms with Crippen molar-refractivity contribution in [1.29, 1.82) is 0 Å².